The van der Waals surface area contributed by atoms with Crippen molar-refractivity contribution < 1.29 is 32.6 Å². The number of rotatable bonds is 7. The number of halogens is 3. The summed E-state index contributed by atoms with van der Waals surface area (Å²) >= 11 is 0. The van der Waals surface area contributed by atoms with Crippen LogP contribution in [0.1, 0.15) is 41.5 Å². The zero-order valence-corrected chi connectivity index (χ0v) is 21.6. The van der Waals surface area contributed by atoms with Crippen molar-refractivity contribution in [3.8, 4) is 16.9 Å². The van der Waals surface area contributed by atoms with Gasteiger partial charge in [0.25, 0.3) is 5.91 Å². The number of hydrogen-bond donors (Lipinski definition) is 2. The molecule has 1 aromatic carbocycles. The number of carbonyl (C=O) groups excluding carboxylic acids is 2. The summed E-state index contributed by atoms with van der Waals surface area (Å²) in [5.41, 5.74) is 3.74. The second kappa shape index (κ2) is 11.0. The van der Waals surface area contributed by atoms with Crippen molar-refractivity contribution in [1.29, 1.82) is 0 Å². The Balaban J connectivity index is 1.73. The van der Waals surface area contributed by atoms with Gasteiger partial charge >= 0.3 is 6.18 Å². The molecule has 1 aliphatic rings. The van der Waals surface area contributed by atoms with Crippen LogP contribution in [-0.4, -0.2) is 69.9 Å². The van der Waals surface area contributed by atoms with Crippen LogP contribution < -0.4 is 10.1 Å². The molecule has 3 aromatic rings. The first-order valence-electron chi connectivity index (χ1n) is 12.5. The second-order valence-corrected chi connectivity index (χ2v) is 9.50. The summed E-state index contributed by atoms with van der Waals surface area (Å²) in [5.74, 6) is -1.13. The SMILES string of the molecule is CCc1nc2c(cc1-c1ccc(C)cc1)c(OCC(F)(F)F)c(C(=O)NC1CCN(C(=O)CO)CC1)n2C. The van der Waals surface area contributed by atoms with Crippen LogP contribution >= 0.6 is 0 Å². The van der Waals surface area contributed by atoms with Gasteiger partial charge in [-0.15, -0.1) is 0 Å². The number of aromatic nitrogens is 2. The highest BCUT2D eigenvalue weighted by atomic mass is 19.4. The van der Waals surface area contributed by atoms with Gasteiger partial charge in [0.05, 0.1) is 11.1 Å². The molecule has 8 nitrogen and oxygen atoms in total. The Morgan fingerprint density at radius 3 is 2.42 bits per heavy atom. The summed E-state index contributed by atoms with van der Waals surface area (Å²) in [6, 6.07) is 9.21. The van der Waals surface area contributed by atoms with Gasteiger partial charge in [0.1, 0.15) is 12.3 Å². The summed E-state index contributed by atoms with van der Waals surface area (Å²) in [6.07, 6.45) is -3.11. The maximum absolute atomic E-state index is 13.4. The third kappa shape index (κ3) is 5.77. The highest BCUT2D eigenvalue weighted by Gasteiger charge is 2.33. The number of pyridine rings is 1. The Morgan fingerprint density at radius 2 is 1.84 bits per heavy atom. The Hall–Kier alpha value is -3.60. The van der Waals surface area contributed by atoms with Gasteiger partial charge in [-0.2, -0.15) is 13.2 Å². The van der Waals surface area contributed by atoms with E-state index in [1.54, 1.807) is 13.1 Å². The van der Waals surface area contributed by atoms with Gasteiger partial charge in [-0.3, -0.25) is 9.59 Å². The normalized spacial score (nSPS) is 14.7. The zero-order chi connectivity index (χ0) is 27.6. The van der Waals surface area contributed by atoms with Crippen LogP contribution in [0.5, 0.6) is 5.75 Å². The number of benzene rings is 1. The van der Waals surface area contributed by atoms with Crippen LogP contribution in [0.15, 0.2) is 30.3 Å². The van der Waals surface area contributed by atoms with Crippen LogP contribution in [0.3, 0.4) is 0 Å². The Morgan fingerprint density at radius 1 is 1.18 bits per heavy atom. The molecule has 2 amide bonds. The van der Waals surface area contributed by atoms with Crippen molar-refractivity contribution >= 4 is 22.8 Å². The quantitative estimate of drug-likeness (QED) is 0.483. The Bertz CT molecular complexity index is 1330. The molecule has 0 saturated carbocycles. The van der Waals surface area contributed by atoms with E-state index in [9.17, 15) is 22.8 Å². The Labute approximate surface area is 218 Å². The van der Waals surface area contributed by atoms with Crippen molar-refractivity contribution in [3.63, 3.8) is 0 Å². The largest absolute Gasteiger partial charge is 0.481 e. The van der Waals surface area contributed by atoms with E-state index in [1.165, 1.54) is 9.47 Å². The van der Waals surface area contributed by atoms with E-state index in [-0.39, 0.29) is 23.4 Å². The molecule has 11 heteroatoms. The lowest BCUT2D eigenvalue weighted by atomic mass is 10.00. The molecule has 0 radical (unpaired) electrons. The minimum Gasteiger partial charge on any atom is -0.481 e. The van der Waals surface area contributed by atoms with E-state index >= 15 is 0 Å². The van der Waals surface area contributed by atoms with Gasteiger partial charge in [-0.05, 0) is 37.8 Å². The molecule has 0 atom stereocenters. The van der Waals surface area contributed by atoms with Crippen molar-refractivity contribution in [2.24, 2.45) is 7.05 Å². The first-order chi connectivity index (χ1) is 18.0. The van der Waals surface area contributed by atoms with Crippen LogP contribution in [0.25, 0.3) is 22.2 Å². The highest BCUT2D eigenvalue weighted by molar-refractivity contribution is 6.04. The minimum absolute atomic E-state index is 0.0475. The molecule has 0 bridgehead atoms. The molecular weight excluding hydrogens is 501 g/mol. The fraction of sp³-hybridized carbons (Fsp3) is 0.444. The number of hydrogen-bond acceptors (Lipinski definition) is 5. The molecule has 0 unspecified atom stereocenters. The number of alkyl halides is 3. The van der Waals surface area contributed by atoms with Crippen molar-refractivity contribution in [2.45, 2.75) is 45.3 Å². The van der Waals surface area contributed by atoms with Gasteiger partial charge in [-0.1, -0.05) is 36.8 Å². The number of likely N-dealkylation sites (tertiary alicyclic amines) is 1. The van der Waals surface area contributed by atoms with Gasteiger partial charge in [-0.25, -0.2) is 4.98 Å². The maximum atomic E-state index is 13.4. The van der Waals surface area contributed by atoms with E-state index < -0.39 is 25.3 Å². The van der Waals surface area contributed by atoms with E-state index in [0.29, 0.717) is 43.4 Å². The number of piperidine rings is 1. The second-order valence-electron chi connectivity index (χ2n) is 9.50. The molecule has 3 heterocycles. The molecule has 1 fully saturated rings. The number of nitrogens with one attached hydrogen (secondary N) is 1. The van der Waals surface area contributed by atoms with Crippen LogP contribution in [0.2, 0.25) is 0 Å². The first-order valence-corrected chi connectivity index (χ1v) is 12.5. The summed E-state index contributed by atoms with van der Waals surface area (Å²) in [5, 5.41) is 12.3. The van der Waals surface area contributed by atoms with Crippen molar-refractivity contribution in [3.05, 3.63) is 47.3 Å². The minimum atomic E-state index is -4.60. The monoisotopic (exact) mass is 532 g/mol. The number of carbonyl (C=O) groups is 2. The molecular formula is C27H31F3N4O4. The third-order valence-electron chi connectivity index (χ3n) is 6.81. The summed E-state index contributed by atoms with van der Waals surface area (Å²) in [7, 11) is 1.58. The first kappa shape index (κ1) is 27.4. The predicted octanol–water partition coefficient (Wildman–Crippen LogP) is 3.77. The fourth-order valence-corrected chi connectivity index (χ4v) is 4.78. The van der Waals surface area contributed by atoms with Crippen LogP contribution in [-0.2, 0) is 18.3 Å². The van der Waals surface area contributed by atoms with Crippen molar-refractivity contribution in [1.82, 2.24) is 19.8 Å². The van der Waals surface area contributed by atoms with Gasteiger partial charge in [0.2, 0.25) is 5.91 Å². The number of nitrogens with zero attached hydrogens (tertiary/aromatic N) is 3. The zero-order valence-electron chi connectivity index (χ0n) is 21.6. The molecule has 38 heavy (non-hydrogen) atoms. The number of aryl methyl sites for hydroxylation is 3. The van der Waals surface area contributed by atoms with Crippen LogP contribution in [0, 0.1) is 6.92 Å². The van der Waals surface area contributed by atoms with E-state index in [1.807, 2.05) is 38.1 Å². The lowest BCUT2D eigenvalue weighted by Crippen LogP contribution is -2.47. The molecule has 0 aliphatic carbocycles. The summed E-state index contributed by atoms with van der Waals surface area (Å²) in [6.45, 7) is 2.49. The van der Waals surface area contributed by atoms with Crippen LogP contribution in [0.4, 0.5) is 13.2 Å². The molecule has 2 aromatic heterocycles. The number of amides is 2. The molecule has 2 N–H and O–H groups in total. The number of fused-ring (bicyclic) bond motifs is 1. The Kier molecular flexibility index (Phi) is 7.96. The van der Waals surface area contributed by atoms with Crippen molar-refractivity contribution in [2.75, 3.05) is 26.3 Å². The van der Waals surface area contributed by atoms with Gasteiger partial charge < -0.3 is 24.6 Å². The lowest BCUT2D eigenvalue weighted by molar-refractivity contribution is -0.153. The van der Waals surface area contributed by atoms with Gasteiger partial charge in [0.15, 0.2) is 18.1 Å². The molecule has 0 spiro atoms. The predicted molar refractivity (Wildman–Crippen MR) is 136 cm³/mol. The standard InChI is InChI=1S/C27H31F3N4O4/c1-4-21-19(17-7-5-16(2)6-8-17)13-20-24(38-15-27(28,29)30)23(33(3)25(20)32-21)26(37)31-18-9-11-34(12-10-18)22(36)14-35/h5-8,13,18,35H,4,9-12,14-15H2,1-3H3,(H,31,37). The molecule has 1 saturated heterocycles. The van der Waals surface area contributed by atoms with E-state index in [0.717, 1.165) is 22.4 Å². The topological polar surface area (TPSA) is 96.7 Å². The van der Waals surface area contributed by atoms with Gasteiger partial charge in [0, 0.05) is 31.7 Å². The lowest BCUT2D eigenvalue weighted by Gasteiger charge is -2.32. The fourth-order valence-electron chi connectivity index (χ4n) is 4.78. The summed E-state index contributed by atoms with van der Waals surface area (Å²) < 4.78 is 46.3. The number of ether oxygens (including phenoxy) is 1. The number of aliphatic hydroxyl groups excluding tert-OH is 1. The summed E-state index contributed by atoms with van der Waals surface area (Å²) in [4.78, 5) is 31.4. The average Bonchev–Trinajstić information content (AvgIpc) is 3.17. The highest BCUT2D eigenvalue weighted by Crippen LogP contribution is 2.37. The third-order valence-corrected chi connectivity index (χ3v) is 6.81. The van der Waals surface area contributed by atoms with E-state index in [2.05, 4.69) is 5.32 Å². The molecule has 1 aliphatic heterocycles. The van der Waals surface area contributed by atoms with E-state index in [4.69, 9.17) is 14.8 Å². The number of aliphatic hydroxyl groups is 1. The molecule has 204 valence electrons. The maximum Gasteiger partial charge on any atom is 0.422 e. The molecule has 4 rings (SSSR count). The smallest absolute Gasteiger partial charge is 0.422 e. The average molecular weight is 533 g/mol.